The van der Waals surface area contributed by atoms with E-state index in [9.17, 15) is 31.1 Å². The summed E-state index contributed by atoms with van der Waals surface area (Å²) in [6.45, 7) is 0. The molecule has 3 nitrogen and oxygen atoms in total. The van der Waals surface area contributed by atoms with Crippen LogP contribution >= 0.6 is 0 Å². The second-order valence-corrected chi connectivity index (χ2v) is 3.29. The average molecular weight is 273 g/mol. The van der Waals surface area contributed by atoms with E-state index in [0.717, 1.165) is 0 Å². The van der Waals surface area contributed by atoms with Crippen molar-refractivity contribution in [2.45, 2.75) is 12.4 Å². The third kappa shape index (κ3) is 2.66. The number of benzene rings is 1. The number of hydrogen-bond acceptors (Lipinski definition) is 2. The van der Waals surface area contributed by atoms with Crippen LogP contribution < -0.4 is 5.73 Å². The van der Waals surface area contributed by atoms with Gasteiger partial charge >= 0.3 is 18.3 Å². The summed E-state index contributed by atoms with van der Waals surface area (Å²) in [5, 5.41) is 8.50. The number of carbonyl (C=O) groups is 1. The van der Waals surface area contributed by atoms with E-state index in [1.165, 1.54) is 0 Å². The number of anilines is 1. The number of rotatable bonds is 1. The molecule has 0 spiro atoms. The van der Waals surface area contributed by atoms with Gasteiger partial charge in [-0.1, -0.05) is 0 Å². The van der Waals surface area contributed by atoms with Crippen LogP contribution in [0, 0.1) is 0 Å². The SMILES string of the molecule is Nc1cc(C(F)(F)F)c(C(=O)O)cc1C(F)(F)F. The van der Waals surface area contributed by atoms with Crippen LogP contribution in [0.1, 0.15) is 21.5 Å². The van der Waals surface area contributed by atoms with Gasteiger partial charge in [0.2, 0.25) is 0 Å². The number of carboxylic acid groups (broad SMARTS) is 1. The molecule has 0 saturated heterocycles. The highest BCUT2D eigenvalue weighted by atomic mass is 19.4. The predicted molar refractivity (Wildman–Crippen MR) is 47.8 cm³/mol. The van der Waals surface area contributed by atoms with E-state index >= 15 is 0 Å². The Labute approximate surface area is 95.8 Å². The third-order valence-electron chi connectivity index (χ3n) is 2.03. The Balaban J connectivity index is 3.60. The van der Waals surface area contributed by atoms with Crippen LogP contribution in [-0.4, -0.2) is 11.1 Å². The van der Waals surface area contributed by atoms with Gasteiger partial charge in [-0.05, 0) is 12.1 Å². The molecule has 0 aliphatic rings. The highest BCUT2D eigenvalue weighted by Gasteiger charge is 2.40. The molecule has 0 aromatic heterocycles. The predicted octanol–water partition coefficient (Wildman–Crippen LogP) is 3.00. The van der Waals surface area contributed by atoms with E-state index < -0.39 is 40.7 Å². The summed E-state index contributed by atoms with van der Waals surface area (Å²) in [6, 6.07) is -0.160. The second-order valence-electron chi connectivity index (χ2n) is 3.29. The number of aromatic carboxylic acids is 1. The first kappa shape index (κ1) is 14.1. The topological polar surface area (TPSA) is 63.3 Å². The highest BCUT2D eigenvalue weighted by Crippen LogP contribution is 2.39. The zero-order valence-electron chi connectivity index (χ0n) is 8.36. The summed E-state index contributed by atoms with van der Waals surface area (Å²) in [5.74, 6) is -2.12. The molecule has 9 heteroatoms. The standard InChI is InChI=1S/C9H5F6NO2/c10-8(11,12)4-2-6(16)5(9(13,14)15)1-3(4)7(17)18/h1-2H,16H2,(H,17,18). The van der Waals surface area contributed by atoms with Gasteiger partial charge in [0, 0.05) is 5.69 Å². The van der Waals surface area contributed by atoms with Gasteiger partial charge in [0.15, 0.2) is 0 Å². The minimum absolute atomic E-state index is 0.0354. The Morgan fingerprint density at radius 2 is 1.44 bits per heavy atom. The molecule has 0 heterocycles. The van der Waals surface area contributed by atoms with Crippen molar-refractivity contribution in [2.24, 2.45) is 0 Å². The Morgan fingerprint density at radius 3 is 1.78 bits per heavy atom. The van der Waals surface area contributed by atoms with Crippen LogP contribution in [0.3, 0.4) is 0 Å². The number of alkyl halides is 6. The van der Waals surface area contributed by atoms with Crippen LogP contribution in [0.4, 0.5) is 32.0 Å². The van der Waals surface area contributed by atoms with Gasteiger partial charge in [0.1, 0.15) is 0 Å². The van der Waals surface area contributed by atoms with Gasteiger partial charge < -0.3 is 10.8 Å². The number of halogens is 6. The number of nitrogens with two attached hydrogens (primary N) is 1. The van der Waals surface area contributed by atoms with Crippen LogP contribution in [0.2, 0.25) is 0 Å². The van der Waals surface area contributed by atoms with Gasteiger partial charge in [-0.15, -0.1) is 0 Å². The van der Waals surface area contributed by atoms with Crippen LogP contribution in [0.15, 0.2) is 12.1 Å². The molecular weight excluding hydrogens is 268 g/mol. The maximum Gasteiger partial charge on any atom is 0.418 e. The van der Waals surface area contributed by atoms with Crippen LogP contribution in [0.25, 0.3) is 0 Å². The zero-order valence-corrected chi connectivity index (χ0v) is 8.36. The molecule has 100 valence electrons. The summed E-state index contributed by atoms with van der Waals surface area (Å²) in [5.41, 5.74) is -1.16. The van der Waals surface area contributed by atoms with E-state index in [2.05, 4.69) is 0 Å². The Hall–Kier alpha value is -1.93. The highest BCUT2D eigenvalue weighted by molar-refractivity contribution is 5.90. The fraction of sp³-hybridized carbons (Fsp3) is 0.222. The average Bonchev–Trinajstić information content (AvgIpc) is 2.13. The van der Waals surface area contributed by atoms with Gasteiger partial charge in [0.25, 0.3) is 0 Å². The lowest BCUT2D eigenvalue weighted by Crippen LogP contribution is -2.17. The van der Waals surface area contributed by atoms with Crippen LogP contribution in [-0.2, 0) is 12.4 Å². The Morgan fingerprint density at radius 1 is 1.00 bits per heavy atom. The van der Waals surface area contributed by atoms with E-state index in [1.54, 1.807) is 0 Å². The normalized spacial score (nSPS) is 12.6. The van der Waals surface area contributed by atoms with Gasteiger partial charge in [-0.25, -0.2) is 4.79 Å². The van der Waals surface area contributed by atoms with Crippen molar-refractivity contribution in [3.8, 4) is 0 Å². The quantitative estimate of drug-likeness (QED) is 0.610. The van der Waals surface area contributed by atoms with Gasteiger partial charge in [0.05, 0.1) is 16.7 Å². The van der Waals surface area contributed by atoms with Crippen LogP contribution in [0.5, 0.6) is 0 Å². The van der Waals surface area contributed by atoms with E-state index in [0.29, 0.717) is 0 Å². The van der Waals surface area contributed by atoms with Crippen molar-refractivity contribution in [2.75, 3.05) is 5.73 Å². The third-order valence-corrected chi connectivity index (χ3v) is 2.03. The summed E-state index contributed by atoms with van der Waals surface area (Å²) in [4.78, 5) is 10.6. The molecule has 1 aromatic rings. The Bertz CT molecular complexity index is 491. The van der Waals surface area contributed by atoms with E-state index in [1.807, 2.05) is 0 Å². The van der Waals surface area contributed by atoms with Crippen molar-refractivity contribution >= 4 is 11.7 Å². The molecule has 0 amide bonds. The zero-order chi connectivity index (χ0) is 14.3. The summed E-state index contributed by atoms with van der Waals surface area (Å²) >= 11 is 0. The molecule has 18 heavy (non-hydrogen) atoms. The summed E-state index contributed by atoms with van der Waals surface area (Å²) in [7, 11) is 0. The monoisotopic (exact) mass is 273 g/mol. The number of carboxylic acids is 1. The fourth-order valence-corrected chi connectivity index (χ4v) is 1.27. The number of hydrogen-bond donors (Lipinski definition) is 2. The lowest BCUT2D eigenvalue weighted by molar-refractivity contribution is -0.141. The molecule has 0 aliphatic heterocycles. The van der Waals surface area contributed by atoms with Crippen molar-refractivity contribution in [3.05, 3.63) is 28.8 Å². The lowest BCUT2D eigenvalue weighted by atomic mass is 10.0. The molecule has 0 atom stereocenters. The molecule has 0 saturated carbocycles. The fourth-order valence-electron chi connectivity index (χ4n) is 1.27. The largest absolute Gasteiger partial charge is 0.478 e. The van der Waals surface area contributed by atoms with Crippen molar-refractivity contribution in [3.63, 3.8) is 0 Å². The minimum atomic E-state index is -5.11. The molecular formula is C9H5F6NO2. The Kier molecular flexibility index (Phi) is 3.20. The van der Waals surface area contributed by atoms with E-state index in [-0.39, 0.29) is 12.1 Å². The van der Waals surface area contributed by atoms with E-state index in [4.69, 9.17) is 10.8 Å². The molecule has 0 unspecified atom stereocenters. The number of nitrogen functional groups attached to an aromatic ring is 1. The second kappa shape index (κ2) is 4.07. The molecule has 1 aromatic carbocycles. The lowest BCUT2D eigenvalue weighted by Gasteiger charge is -2.15. The minimum Gasteiger partial charge on any atom is -0.478 e. The van der Waals surface area contributed by atoms with Gasteiger partial charge in [-0.2, -0.15) is 26.3 Å². The van der Waals surface area contributed by atoms with Crippen molar-refractivity contribution in [1.82, 2.24) is 0 Å². The first-order valence-electron chi connectivity index (χ1n) is 4.26. The van der Waals surface area contributed by atoms with Crippen molar-refractivity contribution in [1.29, 1.82) is 0 Å². The molecule has 0 radical (unpaired) electrons. The van der Waals surface area contributed by atoms with Crippen molar-refractivity contribution < 1.29 is 36.2 Å². The maximum atomic E-state index is 12.4. The maximum absolute atomic E-state index is 12.4. The molecule has 1 rings (SSSR count). The molecule has 3 N–H and O–H groups in total. The summed E-state index contributed by atoms with van der Waals surface area (Å²) < 4.78 is 74.3. The first-order chi connectivity index (χ1) is 7.94. The van der Waals surface area contributed by atoms with Gasteiger partial charge in [-0.3, -0.25) is 0 Å². The smallest absolute Gasteiger partial charge is 0.418 e. The first-order valence-corrected chi connectivity index (χ1v) is 4.26. The molecule has 0 fully saturated rings. The molecule has 0 aliphatic carbocycles. The molecule has 0 bridgehead atoms. The summed E-state index contributed by atoms with van der Waals surface area (Å²) in [6.07, 6.45) is -10.1.